The molecule has 0 radical (unpaired) electrons. The second-order valence-corrected chi connectivity index (χ2v) is 8.97. The highest BCUT2D eigenvalue weighted by Crippen LogP contribution is 2.49. The first-order chi connectivity index (χ1) is 17.5. The van der Waals surface area contributed by atoms with Crippen molar-refractivity contribution in [3.05, 3.63) is 62.9 Å². The molecule has 1 aliphatic rings. The van der Waals surface area contributed by atoms with Gasteiger partial charge in [-0.25, -0.2) is 9.49 Å². The van der Waals surface area contributed by atoms with Crippen LogP contribution in [0.1, 0.15) is 17.7 Å². The molecule has 13 heteroatoms. The van der Waals surface area contributed by atoms with Crippen molar-refractivity contribution in [1.29, 1.82) is 5.26 Å². The Labute approximate surface area is 211 Å². The number of halogens is 5. The quantitative estimate of drug-likeness (QED) is 0.366. The number of nitriles is 1. The van der Waals surface area contributed by atoms with Crippen molar-refractivity contribution in [2.24, 2.45) is 18.7 Å². The highest BCUT2D eigenvalue weighted by Gasteiger charge is 2.58. The average molecular weight is 533 g/mol. The fourth-order valence-corrected chi connectivity index (χ4v) is 4.52. The third-order valence-corrected chi connectivity index (χ3v) is 6.55. The minimum absolute atomic E-state index is 0.0406. The smallest absolute Gasteiger partial charge is 0.395 e. The number of nitrogens with one attached hydrogen (secondary N) is 1. The Bertz CT molecular complexity index is 1660. The normalized spacial score (nSPS) is 17.1. The van der Waals surface area contributed by atoms with E-state index >= 15 is 4.39 Å². The largest absolute Gasteiger partial charge is 0.488 e. The third-order valence-electron chi connectivity index (χ3n) is 6.27. The van der Waals surface area contributed by atoms with E-state index in [-0.39, 0.29) is 35.5 Å². The number of aryl methyl sites for hydroxylation is 1. The molecule has 0 amide bonds. The van der Waals surface area contributed by atoms with Crippen molar-refractivity contribution < 1.29 is 22.3 Å². The Morgan fingerprint density at radius 2 is 2.08 bits per heavy atom. The molecule has 1 saturated carbocycles. The van der Waals surface area contributed by atoms with Crippen molar-refractivity contribution in [3.63, 3.8) is 0 Å². The van der Waals surface area contributed by atoms with E-state index in [1.54, 1.807) is 18.2 Å². The molecule has 0 unspecified atom stereocenters. The lowest BCUT2D eigenvalue weighted by Gasteiger charge is -2.16. The maximum absolute atomic E-state index is 15.5. The molecular formula is C24H17ClF4N6O2. The van der Waals surface area contributed by atoms with Gasteiger partial charge in [-0.05, 0) is 24.1 Å². The summed E-state index contributed by atoms with van der Waals surface area (Å²) in [4.78, 5) is 12.2. The van der Waals surface area contributed by atoms with Gasteiger partial charge >= 0.3 is 6.18 Å². The van der Waals surface area contributed by atoms with E-state index < -0.39 is 34.6 Å². The fourth-order valence-electron chi connectivity index (χ4n) is 4.33. The third kappa shape index (κ3) is 4.20. The summed E-state index contributed by atoms with van der Waals surface area (Å²) in [6, 6.07) is 7.66. The summed E-state index contributed by atoms with van der Waals surface area (Å²) < 4.78 is 61.3. The van der Waals surface area contributed by atoms with Gasteiger partial charge < -0.3 is 10.5 Å². The SMILES string of the molecule is Cn1ncc(-c2ccc3c(=O)[nH]nc(CN)c3c2)c1-c1c(F)c(Cl)cc(O[C@H]2C[C@@H]2C(F)(F)F)c1C#N. The molecule has 3 N–H and O–H groups in total. The Hall–Kier alpha value is -3.95. The van der Waals surface area contributed by atoms with E-state index in [4.69, 9.17) is 22.1 Å². The number of rotatable bonds is 5. The number of fused-ring (bicyclic) bond motifs is 1. The summed E-state index contributed by atoms with van der Waals surface area (Å²) in [5.41, 5.74) is 6.19. The molecule has 5 rings (SSSR count). The Morgan fingerprint density at radius 3 is 2.73 bits per heavy atom. The first-order valence-electron chi connectivity index (χ1n) is 10.9. The summed E-state index contributed by atoms with van der Waals surface area (Å²) in [6.45, 7) is 0.0406. The number of ether oxygens (including phenoxy) is 1. The number of benzene rings is 2. The number of hydrogen-bond donors (Lipinski definition) is 2. The number of aromatic nitrogens is 4. The first-order valence-corrected chi connectivity index (χ1v) is 11.3. The molecule has 0 aliphatic heterocycles. The van der Waals surface area contributed by atoms with Crippen LogP contribution >= 0.6 is 11.6 Å². The van der Waals surface area contributed by atoms with Gasteiger partial charge in [-0.15, -0.1) is 0 Å². The van der Waals surface area contributed by atoms with Crippen LogP contribution in [-0.2, 0) is 13.6 Å². The molecule has 8 nitrogen and oxygen atoms in total. The molecule has 0 spiro atoms. The van der Waals surface area contributed by atoms with Gasteiger partial charge in [0.1, 0.15) is 23.5 Å². The number of H-pyrrole nitrogens is 1. The molecule has 1 fully saturated rings. The number of hydrogen-bond acceptors (Lipinski definition) is 6. The number of alkyl halides is 3. The Balaban J connectivity index is 1.68. The molecular weight excluding hydrogens is 516 g/mol. The van der Waals surface area contributed by atoms with Gasteiger partial charge in [0.05, 0.1) is 39.5 Å². The first kappa shape index (κ1) is 24.7. The average Bonchev–Trinajstić information content (AvgIpc) is 3.55. The van der Waals surface area contributed by atoms with E-state index in [9.17, 15) is 23.2 Å². The molecule has 2 atom stereocenters. The molecule has 1 aliphatic carbocycles. The Morgan fingerprint density at radius 1 is 1.32 bits per heavy atom. The van der Waals surface area contributed by atoms with Gasteiger partial charge in [-0.1, -0.05) is 17.7 Å². The molecule has 4 aromatic rings. The van der Waals surface area contributed by atoms with Crippen LogP contribution in [0.2, 0.25) is 5.02 Å². The van der Waals surface area contributed by atoms with Gasteiger partial charge in [0.2, 0.25) is 0 Å². The summed E-state index contributed by atoms with van der Waals surface area (Å²) >= 11 is 6.10. The van der Waals surface area contributed by atoms with Crippen LogP contribution in [0.5, 0.6) is 5.75 Å². The zero-order chi connectivity index (χ0) is 26.6. The van der Waals surface area contributed by atoms with Crippen LogP contribution in [0, 0.1) is 23.1 Å². The highest BCUT2D eigenvalue weighted by molar-refractivity contribution is 6.31. The molecule has 0 bridgehead atoms. The van der Waals surface area contributed by atoms with Crippen LogP contribution < -0.4 is 16.0 Å². The standard InChI is InChI=1S/C24H17ClF4N6O2/c1-35-22(14(9-32-35)10-2-3-11-12(4-10)17(8-31)33-34-23(11)36)20-13(7-30)18(6-16(25)21(20)26)37-19-5-15(19)24(27,28)29/h2-4,6,9,15,19H,5,8,31H2,1H3,(H,34,36)/t15-,19-/m0/s1. The fraction of sp³-hybridized carbons (Fsp3) is 0.250. The zero-order valence-electron chi connectivity index (χ0n) is 19.0. The maximum atomic E-state index is 15.5. The van der Waals surface area contributed by atoms with Crippen molar-refractivity contribution in [1.82, 2.24) is 20.0 Å². The van der Waals surface area contributed by atoms with Crippen LogP contribution in [0.25, 0.3) is 33.2 Å². The maximum Gasteiger partial charge on any atom is 0.395 e. The lowest BCUT2D eigenvalue weighted by molar-refractivity contribution is -0.153. The second-order valence-electron chi connectivity index (χ2n) is 8.57. The molecule has 37 heavy (non-hydrogen) atoms. The van der Waals surface area contributed by atoms with Crippen LogP contribution in [0.3, 0.4) is 0 Å². The lowest BCUT2D eigenvalue weighted by atomic mass is 9.95. The van der Waals surface area contributed by atoms with E-state index in [2.05, 4.69) is 15.3 Å². The molecule has 2 aromatic carbocycles. The highest BCUT2D eigenvalue weighted by atomic mass is 35.5. The number of nitrogens with zero attached hydrogens (tertiary/aromatic N) is 4. The molecule has 2 aromatic heterocycles. The van der Waals surface area contributed by atoms with Crippen molar-refractivity contribution >= 4 is 22.4 Å². The summed E-state index contributed by atoms with van der Waals surface area (Å²) in [6.07, 6.45) is -4.49. The van der Waals surface area contributed by atoms with Crippen molar-refractivity contribution in [2.45, 2.75) is 25.2 Å². The van der Waals surface area contributed by atoms with Gasteiger partial charge in [0.15, 0.2) is 5.82 Å². The molecule has 2 heterocycles. The van der Waals surface area contributed by atoms with E-state index in [0.717, 1.165) is 6.07 Å². The monoisotopic (exact) mass is 532 g/mol. The lowest BCUT2D eigenvalue weighted by Crippen LogP contribution is -2.16. The predicted molar refractivity (Wildman–Crippen MR) is 126 cm³/mol. The van der Waals surface area contributed by atoms with Crippen LogP contribution in [-0.4, -0.2) is 32.3 Å². The summed E-state index contributed by atoms with van der Waals surface area (Å²) in [7, 11) is 1.51. The van der Waals surface area contributed by atoms with Crippen LogP contribution in [0.4, 0.5) is 17.6 Å². The topological polar surface area (TPSA) is 123 Å². The van der Waals surface area contributed by atoms with Gasteiger partial charge in [-0.2, -0.15) is 28.6 Å². The molecule has 190 valence electrons. The molecule has 0 saturated heterocycles. The van der Waals surface area contributed by atoms with E-state index in [0.29, 0.717) is 27.6 Å². The second kappa shape index (κ2) is 8.86. The zero-order valence-corrected chi connectivity index (χ0v) is 19.8. The van der Waals surface area contributed by atoms with E-state index in [1.807, 2.05) is 6.07 Å². The predicted octanol–water partition coefficient (Wildman–Crippen LogP) is 4.44. The Kier molecular flexibility index (Phi) is 5.92. The van der Waals surface area contributed by atoms with Crippen LogP contribution in [0.15, 0.2) is 35.3 Å². The van der Waals surface area contributed by atoms with Crippen molar-refractivity contribution in [3.8, 4) is 34.2 Å². The number of nitrogens with two attached hydrogens (primary N) is 1. The van der Waals surface area contributed by atoms with Gasteiger partial charge in [0.25, 0.3) is 5.56 Å². The summed E-state index contributed by atoms with van der Waals surface area (Å²) in [5, 5.41) is 20.8. The minimum atomic E-state index is -4.45. The minimum Gasteiger partial charge on any atom is -0.488 e. The van der Waals surface area contributed by atoms with Crippen molar-refractivity contribution in [2.75, 3.05) is 0 Å². The number of aromatic amines is 1. The summed E-state index contributed by atoms with van der Waals surface area (Å²) in [5.74, 6) is -2.89. The van der Waals surface area contributed by atoms with E-state index in [1.165, 1.54) is 17.9 Å². The van der Waals surface area contributed by atoms with Gasteiger partial charge in [-0.3, -0.25) is 9.48 Å². The van der Waals surface area contributed by atoms with Gasteiger partial charge in [0, 0.05) is 30.6 Å².